The Kier molecular flexibility index (Phi) is 4.39. The molecular formula is C14H16ClN. The fourth-order valence-corrected chi connectivity index (χ4v) is 1.69. The number of hydrogen-bond donors (Lipinski definition) is 1. The molecule has 0 spiro atoms. The highest BCUT2D eigenvalue weighted by Gasteiger charge is 1.97. The number of nitrogens with one attached hydrogen (secondary N) is 1. The molecule has 2 aromatic carbocycles. The Bertz CT molecular complexity index is 449. The van der Waals surface area contributed by atoms with Gasteiger partial charge in [-0.3, -0.25) is 0 Å². The normalized spacial score (nSPS) is 9.38. The lowest BCUT2D eigenvalue weighted by Crippen LogP contribution is -1.86. The molecule has 0 amide bonds. The van der Waals surface area contributed by atoms with Gasteiger partial charge in [0, 0.05) is 17.8 Å². The summed E-state index contributed by atoms with van der Waals surface area (Å²) in [6.45, 7) is 0. The Balaban J connectivity index is 0.00000128. The molecule has 2 aromatic rings. The topological polar surface area (TPSA) is 12.0 Å². The molecule has 2 rings (SSSR count). The molecule has 84 valence electrons. The lowest BCUT2D eigenvalue weighted by molar-refractivity contribution is 1.51. The van der Waals surface area contributed by atoms with Crippen LogP contribution in [0.1, 0.15) is 7.43 Å². The molecule has 0 radical (unpaired) electrons. The summed E-state index contributed by atoms with van der Waals surface area (Å²) in [5.41, 5.74) is 3.43. The van der Waals surface area contributed by atoms with Gasteiger partial charge >= 0.3 is 0 Å². The van der Waals surface area contributed by atoms with Crippen molar-refractivity contribution in [2.24, 2.45) is 0 Å². The first-order chi connectivity index (χ1) is 7.29. The number of hydrogen-bond acceptors (Lipinski definition) is 1. The Morgan fingerprint density at radius 2 is 1.62 bits per heavy atom. The van der Waals surface area contributed by atoms with Crippen LogP contribution < -0.4 is 5.32 Å². The molecule has 0 heterocycles. The quantitative estimate of drug-likeness (QED) is 0.794. The fraction of sp³-hybridized carbons (Fsp3) is 0.143. The summed E-state index contributed by atoms with van der Waals surface area (Å²) < 4.78 is 0. The van der Waals surface area contributed by atoms with Crippen LogP contribution in [0.5, 0.6) is 0 Å². The molecule has 0 aliphatic rings. The summed E-state index contributed by atoms with van der Waals surface area (Å²) in [4.78, 5) is 0. The van der Waals surface area contributed by atoms with E-state index in [1.807, 2.05) is 25.2 Å². The minimum Gasteiger partial charge on any atom is -0.388 e. The van der Waals surface area contributed by atoms with Crippen molar-refractivity contribution < 1.29 is 0 Å². The highest BCUT2D eigenvalue weighted by Crippen LogP contribution is 2.23. The Morgan fingerprint density at radius 3 is 2.19 bits per heavy atom. The maximum absolute atomic E-state index is 5.94. The van der Waals surface area contributed by atoms with E-state index >= 15 is 0 Å². The summed E-state index contributed by atoms with van der Waals surface area (Å²) in [5.74, 6) is 0. The standard InChI is InChI=1S/C13H12ClN.CH4/c1-15-13-7-5-10(6-8-13)11-3-2-4-12(14)9-11;/h2-9,15H,1H3;1H4. The molecule has 0 atom stereocenters. The molecule has 1 nitrogen and oxygen atoms in total. The monoisotopic (exact) mass is 233 g/mol. The van der Waals surface area contributed by atoms with Gasteiger partial charge in [-0.15, -0.1) is 0 Å². The summed E-state index contributed by atoms with van der Waals surface area (Å²) in [6, 6.07) is 16.1. The van der Waals surface area contributed by atoms with E-state index in [-0.39, 0.29) is 7.43 Å². The van der Waals surface area contributed by atoms with E-state index in [9.17, 15) is 0 Å². The molecular weight excluding hydrogens is 218 g/mol. The average Bonchev–Trinajstić information content (AvgIpc) is 2.29. The average molecular weight is 234 g/mol. The highest BCUT2D eigenvalue weighted by atomic mass is 35.5. The van der Waals surface area contributed by atoms with E-state index in [2.05, 4.69) is 35.6 Å². The van der Waals surface area contributed by atoms with Crippen LogP contribution in [0, 0.1) is 0 Å². The van der Waals surface area contributed by atoms with Crippen molar-refractivity contribution in [3.05, 3.63) is 53.6 Å². The van der Waals surface area contributed by atoms with Crippen LogP contribution in [0.4, 0.5) is 5.69 Å². The Labute approximate surface area is 102 Å². The summed E-state index contributed by atoms with van der Waals surface area (Å²) in [7, 11) is 1.91. The Morgan fingerprint density at radius 1 is 0.938 bits per heavy atom. The number of halogens is 1. The van der Waals surface area contributed by atoms with Gasteiger partial charge in [0.25, 0.3) is 0 Å². The zero-order valence-electron chi connectivity index (χ0n) is 8.50. The van der Waals surface area contributed by atoms with E-state index in [4.69, 9.17) is 11.6 Å². The molecule has 0 aromatic heterocycles. The van der Waals surface area contributed by atoms with Gasteiger partial charge in [0.05, 0.1) is 0 Å². The maximum Gasteiger partial charge on any atom is 0.0412 e. The molecule has 0 saturated heterocycles. The van der Waals surface area contributed by atoms with Gasteiger partial charge in [-0.25, -0.2) is 0 Å². The minimum absolute atomic E-state index is 0. The third kappa shape index (κ3) is 2.77. The Hall–Kier alpha value is -1.47. The van der Waals surface area contributed by atoms with Crippen LogP contribution in [-0.2, 0) is 0 Å². The first-order valence-corrected chi connectivity index (χ1v) is 5.21. The molecule has 2 heteroatoms. The van der Waals surface area contributed by atoms with Crippen molar-refractivity contribution >= 4 is 17.3 Å². The fourth-order valence-electron chi connectivity index (χ4n) is 1.50. The minimum atomic E-state index is 0. The predicted molar refractivity (Wildman–Crippen MR) is 73.2 cm³/mol. The van der Waals surface area contributed by atoms with Gasteiger partial charge < -0.3 is 5.32 Å². The number of benzene rings is 2. The summed E-state index contributed by atoms with van der Waals surface area (Å²) in [5, 5.41) is 3.86. The molecule has 0 unspecified atom stereocenters. The third-order valence-corrected chi connectivity index (χ3v) is 2.57. The van der Waals surface area contributed by atoms with Crippen LogP contribution >= 0.6 is 11.6 Å². The van der Waals surface area contributed by atoms with Crippen molar-refractivity contribution in [1.29, 1.82) is 0 Å². The van der Waals surface area contributed by atoms with E-state index in [1.54, 1.807) is 0 Å². The van der Waals surface area contributed by atoms with Crippen LogP contribution in [0.3, 0.4) is 0 Å². The molecule has 0 bridgehead atoms. The molecule has 0 saturated carbocycles. The molecule has 0 fully saturated rings. The maximum atomic E-state index is 5.94. The molecule has 0 aliphatic heterocycles. The van der Waals surface area contributed by atoms with Crippen molar-refractivity contribution in [3.63, 3.8) is 0 Å². The lowest BCUT2D eigenvalue weighted by Gasteiger charge is -2.04. The first-order valence-electron chi connectivity index (χ1n) is 4.83. The van der Waals surface area contributed by atoms with Gasteiger partial charge in [0.15, 0.2) is 0 Å². The smallest absolute Gasteiger partial charge is 0.0412 e. The van der Waals surface area contributed by atoms with E-state index in [1.165, 1.54) is 5.56 Å². The van der Waals surface area contributed by atoms with Gasteiger partial charge in [-0.1, -0.05) is 43.3 Å². The SMILES string of the molecule is C.CNc1ccc(-c2cccc(Cl)c2)cc1. The second-order valence-electron chi connectivity index (χ2n) is 3.34. The summed E-state index contributed by atoms with van der Waals surface area (Å²) >= 11 is 5.94. The number of rotatable bonds is 2. The van der Waals surface area contributed by atoms with Crippen LogP contribution in [-0.4, -0.2) is 7.05 Å². The molecule has 0 aliphatic carbocycles. The second-order valence-corrected chi connectivity index (χ2v) is 3.77. The largest absolute Gasteiger partial charge is 0.388 e. The van der Waals surface area contributed by atoms with Crippen molar-refractivity contribution in [1.82, 2.24) is 0 Å². The molecule has 1 N–H and O–H groups in total. The van der Waals surface area contributed by atoms with Gasteiger partial charge in [-0.2, -0.15) is 0 Å². The predicted octanol–water partition coefficient (Wildman–Crippen LogP) is 4.68. The van der Waals surface area contributed by atoms with Crippen LogP contribution in [0.2, 0.25) is 5.02 Å². The lowest BCUT2D eigenvalue weighted by atomic mass is 10.1. The number of anilines is 1. The van der Waals surface area contributed by atoms with E-state index < -0.39 is 0 Å². The van der Waals surface area contributed by atoms with E-state index in [0.717, 1.165) is 16.3 Å². The van der Waals surface area contributed by atoms with Crippen LogP contribution in [0.25, 0.3) is 11.1 Å². The zero-order chi connectivity index (χ0) is 10.7. The first kappa shape index (κ1) is 12.6. The van der Waals surface area contributed by atoms with Crippen molar-refractivity contribution in [2.75, 3.05) is 12.4 Å². The van der Waals surface area contributed by atoms with Gasteiger partial charge in [0.2, 0.25) is 0 Å². The summed E-state index contributed by atoms with van der Waals surface area (Å²) in [6.07, 6.45) is 0. The van der Waals surface area contributed by atoms with Gasteiger partial charge in [-0.05, 0) is 35.4 Å². The zero-order valence-corrected chi connectivity index (χ0v) is 9.25. The second kappa shape index (κ2) is 5.57. The van der Waals surface area contributed by atoms with Gasteiger partial charge in [0.1, 0.15) is 0 Å². The van der Waals surface area contributed by atoms with Crippen molar-refractivity contribution in [2.45, 2.75) is 7.43 Å². The molecule has 16 heavy (non-hydrogen) atoms. The van der Waals surface area contributed by atoms with Crippen molar-refractivity contribution in [3.8, 4) is 11.1 Å². The third-order valence-electron chi connectivity index (χ3n) is 2.33. The van der Waals surface area contributed by atoms with E-state index in [0.29, 0.717) is 0 Å². The highest BCUT2D eigenvalue weighted by molar-refractivity contribution is 6.30. The van der Waals surface area contributed by atoms with Crippen LogP contribution in [0.15, 0.2) is 48.5 Å².